The van der Waals surface area contributed by atoms with E-state index in [1.54, 1.807) is 6.07 Å². The Balaban J connectivity index is 1.49. The van der Waals surface area contributed by atoms with Crippen molar-refractivity contribution < 1.29 is 13.6 Å². The van der Waals surface area contributed by atoms with Gasteiger partial charge in [-0.2, -0.15) is 0 Å². The van der Waals surface area contributed by atoms with Crippen molar-refractivity contribution in [2.45, 2.75) is 37.4 Å². The summed E-state index contributed by atoms with van der Waals surface area (Å²) >= 11 is 0. The molecular weight excluding hydrogens is 368 g/mol. The first kappa shape index (κ1) is 17.5. The molecule has 0 saturated carbocycles. The van der Waals surface area contributed by atoms with Gasteiger partial charge in [-0.15, -0.1) is 0 Å². The largest absolute Gasteiger partial charge is 0.367 e. The zero-order valence-corrected chi connectivity index (χ0v) is 15.2. The number of nitrogens with zero attached hydrogens (tertiary/aromatic N) is 6. The maximum Gasteiger partial charge on any atom is 0.244 e. The molecule has 2 N–H and O–H groups in total. The summed E-state index contributed by atoms with van der Waals surface area (Å²) in [5, 5.41) is 10.8. The Kier molecular flexibility index (Phi) is 4.04. The van der Waals surface area contributed by atoms with Gasteiger partial charge in [0.05, 0.1) is 6.04 Å². The number of hydrogen-bond donors (Lipinski definition) is 1. The number of fused-ring (bicyclic) bond motifs is 2. The zero-order chi connectivity index (χ0) is 19.4. The van der Waals surface area contributed by atoms with Crippen LogP contribution in [0.2, 0.25) is 0 Å². The van der Waals surface area contributed by atoms with Crippen LogP contribution in [0.25, 0.3) is 0 Å². The molecule has 2 bridgehead atoms. The van der Waals surface area contributed by atoms with Crippen LogP contribution < -0.4 is 5.73 Å². The lowest BCUT2D eigenvalue weighted by Gasteiger charge is -2.51. The molecule has 4 aliphatic heterocycles. The molecule has 8 nitrogen and oxygen atoms in total. The van der Waals surface area contributed by atoms with E-state index in [0.717, 1.165) is 32.0 Å². The number of carbonyl (C=O) groups excluding carboxylic acids is 1. The molecule has 1 amide bonds. The van der Waals surface area contributed by atoms with Crippen LogP contribution in [0.5, 0.6) is 0 Å². The molecule has 1 aromatic carbocycles. The Morgan fingerprint density at radius 1 is 1.21 bits per heavy atom. The van der Waals surface area contributed by atoms with E-state index in [-0.39, 0.29) is 36.4 Å². The van der Waals surface area contributed by atoms with Crippen molar-refractivity contribution in [1.82, 2.24) is 30.0 Å². The number of nitrogens with two attached hydrogens (primary N) is 1. The molecule has 4 aliphatic rings. The first-order valence-electron chi connectivity index (χ1n) is 9.53. The van der Waals surface area contributed by atoms with Crippen molar-refractivity contribution in [3.05, 3.63) is 35.4 Å². The highest BCUT2D eigenvalue weighted by Crippen LogP contribution is 2.47. The van der Waals surface area contributed by atoms with E-state index >= 15 is 0 Å². The minimum atomic E-state index is -0.851. The topological polar surface area (TPSA) is 93.2 Å². The molecule has 2 aromatic rings. The third kappa shape index (κ3) is 2.58. The number of nitrogen functional groups attached to an aromatic ring is 1. The molecular formula is C18H21F2N7O. The van der Waals surface area contributed by atoms with Gasteiger partial charge in [-0.1, -0.05) is 17.2 Å². The molecule has 1 aromatic heterocycles. The van der Waals surface area contributed by atoms with Crippen molar-refractivity contribution in [2.75, 3.05) is 25.4 Å². The molecule has 0 unspecified atom stereocenters. The second-order valence-corrected chi connectivity index (χ2v) is 7.84. The molecule has 28 heavy (non-hydrogen) atoms. The number of amides is 1. The Labute approximate surface area is 160 Å². The first-order valence-corrected chi connectivity index (χ1v) is 9.53. The van der Waals surface area contributed by atoms with Gasteiger partial charge in [0.2, 0.25) is 11.9 Å². The predicted octanol–water partition coefficient (Wildman–Crippen LogP) is 0.622. The van der Waals surface area contributed by atoms with Crippen LogP contribution >= 0.6 is 0 Å². The highest BCUT2D eigenvalue weighted by molar-refractivity contribution is 5.77. The van der Waals surface area contributed by atoms with Crippen LogP contribution in [-0.4, -0.2) is 67.6 Å². The summed E-state index contributed by atoms with van der Waals surface area (Å²) < 4.78 is 29.7. The second kappa shape index (κ2) is 6.47. The van der Waals surface area contributed by atoms with Crippen LogP contribution in [0, 0.1) is 17.6 Å². The fraction of sp³-hybridized carbons (Fsp3) is 0.556. The molecule has 4 fully saturated rings. The number of tetrazole rings is 1. The van der Waals surface area contributed by atoms with E-state index in [9.17, 15) is 13.6 Å². The van der Waals surface area contributed by atoms with Gasteiger partial charge in [-0.25, -0.2) is 13.5 Å². The van der Waals surface area contributed by atoms with Crippen LogP contribution in [-0.2, 0) is 11.3 Å². The number of halogens is 2. The number of benzene rings is 1. The van der Waals surface area contributed by atoms with Gasteiger partial charge in [0, 0.05) is 18.5 Å². The van der Waals surface area contributed by atoms with Gasteiger partial charge in [-0.3, -0.25) is 9.69 Å². The van der Waals surface area contributed by atoms with E-state index in [4.69, 9.17) is 5.73 Å². The quantitative estimate of drug-likeness (QED) is 0.827. The van der Waals surface area contributed by atoms with Gasteiger partial charge in [-0.05, 0) is 53.9 Å². The average Bonchev–Trinajstić information content (AvgIpc) is 3.30. The smallest absolute Gasteiger partial charge is 0.244 e. The fourth-order valence-electron chi connectivity index (χ4n) is 5.33. The standard InChI is InChI=1S/C18H21F2N7O/c19-13-3-1-2-11(15(13)20)12-8-26(14(28)9-27-18(21)22-23-24-27)16-10-4-6-25(7-5-10)17(12)16/h1-3,10,12,16-17H,4-9H2,(H2,21,22,24)/t12-,16+,17+/m1/s1. The number of rotatable bonds is 3. The summed E-state index contributed by atoms with van der Waals surface area (Å²) in [4.78, 5) is 17.2. The molecule has 10 heteroatoms. The normalized spacial score (nSPS) is 31.2. The predicted molar refractivity (Wildman–Crippen MR) is 94.9 cm³/mol. The van der Waals surface area contributed by atoms with Gasteiger partial charge < -0.3 is 10.6 Å². The third-order valence-corrected chi connectivity index (χ3v) is 6.54. The monoisotopic (exact) mass is 389 g/mol. The molecule has 148 valence electrons. The van der Waals surface area contributed by atoms with E-state index in [0.29, 0.717) is 18.0 Å². The molecule has 0 radical (unpaired) electrons. The second-order valence-electron chi connectivity index (χ2n) is 7.84. The van der Waals surface area contributed by atoms with Gasteiger partial charge in [0.25, 0.3) is 0 Å². The van der Waals surface area contributed by atoms with E-state index in [2.05, 4.69) is 20.4 Å². The number of piperidine rings is 3. The summed E-state index contributed by atoms with van der Waals surface area (Å²) in [7, 11) is 0. The van der Waals surface area contributed by atoms with Crippen molar-refractivity contribution in [3.8, 4) is 0 Å². The SMILES string of the molecule is Nc1nnnn1CC(=O)N1C[C@H](c2cccc(F)c2F)[C@H]2[C@@H]1C1CCN2CC1. The van der Waals surface area contributed by atoms with Crippen molar-refractivity contribution >= 4 is 11.9 Å². The fourth-order valence-corrected chi connectivity index (χ4v) is 5.33. The summed E-state index contributed by atoms with van der Waals surface area (Å²) in [6, 6.07) is 4.28. The lowest BCUT2D eigenvalue weighted by atomic mass is 9.75. The lowest BCUT2D eigenvalue weighted by Crippen LogP contribution is -2.61. The number of likely N-dealkylation sites (tertiary alicyclic amines) is 1. The van der Waals surface area contributed by atoms with E-state index in [1.165, 1.54) is 10.7 Å². The highest BCUT2D eigenvalue weighted by atomic mass is 19.2. The van der Waals surface area contributed by atoms with Gasteiger partial charge in [0.1, 0.15) is 6.54 Å². The minimum absolute atomic E-state index is 0.000955. The Morgan fingerprint density at radius 2 is 2.00 bits per heavy atom. The summed E-state index contributed by atoms with van der Waals surface area (Å²) in [6.45, 7) is 2.15. The van der Waals surface area contributed by atoms with E-state index < -0.39 is 11.6 Å². The zero-order valence-electron chi connectivity index (χ0n) is 15.2. The maximum absolute atomic E-state index is 14.6. The highest BCUT2D eigenvalue weighted by Gasteiger charge is 2.55. The van der Waals surface area contributed by atoms with Gasteiger partial charge in [0.15, 0.2) is 11.6 Å². The number of aromatic nitrogens is 4. The first-order chi connectivity index (χ1) is 13.5. The molecule has 0 aliphatic carbocycles. The molecule has 5 heterocycles. The summed E-state index contributed by atoms with van der Waals surface area (Å²) in [5.41, 5.74) is 6.04. The van der Waals surface area contributed by atoms with Gasteiger partial charge >= 0.3 is 0 Å². The Morgan fingerprint density at radius 3 is 2.71 bits per heavy atom. The van der Waals surface area contributed by atoms with Crippen LogP contribution in [0.3, 0.4) is 0 Å². The van der Waals surface area contributed by atoms with Crippen LogP contribution in [0.1, 0.15) is 24.3 Å². The number of anilines is 1. The van der Waals surface area contributed by atoms with Crippen molar-refractivity contribution in [2.24, 2.45) is 5.92 Å². The maximum atomic E-state index is 14.6. The molecule has 6 rings (SSSR count). The number of carbonyl (C=O) groups is 1. The molecule has 0 spiro atoms. The molecule has 3 atom stereocenters. The lowest BCUT2D eigenvalue weighted by molar-refractivity contribution is -0.136. The number of hydrogen-bond acceptors (Lipinski definition) is 6. The van der Waals surface area contributed by atoms with Crippen LogP contribution in [0.15, 0.2) is 18.2 Å². The molecule has 4 saturated heterocycles. The Hall–Kier alpha value is -2.62. The Bertz CT molecular complexity index is 911. The van der Waals surface area contributed by atoms with Crippen LogP contribution in [0.4, 0.5) is 14.7 Å². The van der Waals surface area contributed by atoms with E-state index in [1.807, 2.05) is 4.90 Å². The third-order valence-electron chi connectivity index (χ3n) is 6.54. The van der Waals surface area contributed by atoms with Crippen molar-refractivity contribution in [1.29, 1.82) is 0 Å². The summed E-state index contributed by atoms with van der Waals surface area (Å²) in [5.74, 6) is -1.64. The minimum Gasteiger partial charge on any atom is -0.367 e. The summed E-state index contributed by atoms with van der Waals surface area (Å²) in [6.07, 6.45) is 2.02. The van der Waals surface area contributed by atoms with Crippen molar-refractivity contribution in [3.63, 3.8) is 0 Å². The average molecular weight is 389 g/mol.